The van der Waals surface area contributed by atoms with E-state index in [2.05, 4.69) is 178 Å². The second-order valence-corrected chi connectivity index (χ2v) is 31.1. The van der Waals surface area contributed by atoms with Crippen LogP contribution in [0.1, 0.15) is 172 Å². The summed E-state index contributed by atoms with van der Waals surface area (Å²) in [5.74, 6) is 2.95. The molecule has 12 heterocycles. The Balaban J connectivity index is 0.000000141. The van der Waals surface area contributed by atoms with Gasteiger partial charge in [-0.15, -0.1) is 40.8 Å². The molecule has 1 aliphatic carbocycles. The zero-order valence-corrected chi connectivity index (χ0v) is 71.7. The molecule has 123 heavy (non-hydrogen) atoms. The molecule has 632 valence electrons. The average Bonchev–Trinajstić information content (AvgIpc) is 1.67. The third-order valence-corrected chi connectivity index (χ3v) is 21.3. The summed E-state index contributed by atoms with van der Waals surface area (Å²) in [5.41, 5.74) is 25.2. The lowest BCUT2D eigenvalue weighted by atomic mass is 10.0. The van der Waals surface area contributed by atoms with E-state index in [4.69, 9.17) is 0 Å². The molecule has 16 rings (SSSR count). The van der Waals surface area contributed by atoms with Gasteiger partial charge in [0.1, 0.15) is 22.8 Å². The van der Waals surface area contributed by atoms with Crippen LogP contribution in [0.3, 0.4) is 0 Å². The van der Waals surface area contributed by atoms with Crippen molar-refractivity contribution >= 4 is 23.3 Å². The number of aryl methyl sites for hydroxylation is 11. The molecule has 0 spiro atoms. The molecule has 0 aliphatic heterocycles. The minimum Gasteiger partial charge on any atom is -0.394 e. The SMILES string of the molecule is CCC[C@H](Nc1nnc(-c2ccc(-n3cnc(C)c3)c(CO)n2)cc1C)c1ccc(C)cc1.Cc1ccc([C@@H](CO)Nc2nnc(-c3ccc(-n4cnc(C)c4)c(CO)n3)cc2C)cc1.Cc1ccc([C@H](C)Nc2nnc(-c3ccc(-n4cnc(C)c4)c(CO)n3)cc2C)cc1.Cc1cn(-c2ccc(-c3cc(C)c(NC4CCCC4)nn3)nc2CO)cn1. The third-order valence-electron chi connectivity index (χ3n) is 21.3. The molecule has 15 aromatic rings. The Morgan fingerprint density at radius 2 is 0.634 bits per heavy atom. The van der Waals surface area contributed by atoms with Crippen molar-refractivity contribution in [3.05, 3.63) is 297 Å². The van der Waals surface area contributed by atoms with Gasteiger partial charge < -0.3 is 65.1 Å². The van der Waals surface area contributed by atoms with Crippen molar-refractivity contribution in [2.24, 2.45) is 0 Å². The van der Waals surface area contributed by atoms with E-state index < -0.39 is 0 Å². The van der Waals surface area contributed by atoms with Crippen LogP contribution in [0.5, 0.6) is 0 Å². The minimum absolute atomic E-state index is 0.0669. The van der Waals surface area contributed by atoms with E-state index >= 15 is 0 Å². The molecule has 29 heteroatoms. The van der Waals surface area contributed by atoms with E-state index in [9.17, 15) is 25.5 Å². The number of imidazole rings is 4. The summed E-state index contributed by atoms with van der Waals surface area (Å²) in [4.78, 5) is 35.4. The normalized spacial score (nSPS) is 12.6. The molecule has 1 fully saturated rings. The highest BCUT2D eigenvalue weighted by Crippen LogP contribution is 2.33. The quantitative estimate of drug-likeness (QED) is 0.0243. The third kappa shape index (κ3) is 22.0. The number of benzene rings is 3. The second-order valence-electron chi connectivity index (χ2n) is 31.1. The van der Waals surface area contributed by atoms with Gasteiger partial charge in [0.05, 0.1) is 168 Å². The zero-order chi connectivity index (χ0) is 86.8. The van der Waals surface area contributed by atoms with Crippen LogP contribution in [0.4, 0.5) is 23.3 Å². The standard InChI is InChI=1S/C26H30N6O.C24H26N6O2.C24H26N6O.C20H24N6O/c1-5-6-21(20-9-7-17(2)8-10-20)29-26-18(3)13-23(30-31-26)22-11-12-25(24(15-33)28-22)32-14-19(4)27-16-32;1-15-4-6-18(7-5-15)21(12-31)27-24-16(2)10-20(28-29-24)19-8-9-23(22(13-32)26-19)30-11-17(3)25-14-30;1-15-5-7-19(8-6-15)18(4)26-24-16(2)11-21(28-29-24)20-9-10-23(22(13-31)27-20)30-12-17(3)25-14-30;1-13-9-17(24-25-20(13)22-15-5-3-4-6-15)16-7-8-19(18(11-27)23-16)26-10-14(2)21-12-26/h7-14,16,21,33H,5-6,15H2,1-4H3,(H,29,31);4-11,14,21,31-32H,12-13H2,1-3H3,(H,27,29);5-12,14,18,31H,13H2,1-4H3,(H,26,29);7-10,12,15,27H,3-6,11H2,1-2H3,(H,22,25)/t2*21-;18-;/m010./s1. The number of hydrogen-bond donors (Lipinski definition) is 9. The zero-order valence-electron chi connectivity index (χ0n) is 71.7. The average molecular weight is 1650 g/mol. The maximum Gasteiger partial charge on any atom is 0.152 e. The summed E-state index contributed by atoms with van der Waals surface area (Å²) < 4.78 is 7.42. The van der Waals surface area contributed by atoms with Gasteiger partial charge in [0, 0.05) is 30.8 Å². The molecule has 0 radical (unpaired) electrons. The Morgan fingerprint density at radius 1 is 0.341 bits per heavy atom. The van der Waals surface area contributed by atoms with Crippen LogP contribution in [-0.2, 0) is 26.4 Å². The smallest absolute Gasteiger partial charge is 0.152 e. The molecule has 29 nitrogen and oxygen atoms in total. The highest BCUT2D eigenvalue weighted by molar-refractivity contribution is 5.65. The fourth-order valence-electron chi connectivity index (χ4n) is 14.4. The first-order valence-corrected chi connectivity index (χ1v) is 41.3. The van der Waals surface area contributed by atoms with Gasteiger partial charge >= 0.3 is 0 Å². The number of aromatic nitrogens is 20. The second kappa shape index (κ2) is 40.7. The summed E-state index contributed by atoms with van der Waals surface area (Å²) in [6.45, 7) is 25.4. The van der Waals surface area contributed by atoms with Crippen LogP contribution < -0.4 is 21.3 Å². The Bertz CT molecular complexity index is 6060. The molecule has 0 unspecified atom stereocenters. The van der Waals surface area contributed by atoms with Crippen LogP contribution >= 0.6 is 0 Å². The maximum atomic E-state index is 9.89. The highest BCUT2D eigenvalue weighted by atomic mass is 16.3. The first-order valence-electron chi connectivity index (χ1n) is 41.3. The molecular formula is C94H106N24O5. The Kier molecular flexibility index (Phi) is 28.8. The number of nitrogens with one attached hydrogen (secondary N) is 4. The van der Waals surface area contributed by atoms with Gasteiger partial charge in [-0.2, -0.15) is 0 Å². The Morgan fingerprint density at radius 3 is 0.919 bits per heavy atom. The molecule has 9 N–H and O–H groups in total. The van der Waals surface area contributed by atoms with Crippen molar-refractivity contribution < 1.29 is 25.5 Å². The molecule has 0 bridgehead atoms. The van der Waals surface area contributed by atoms with Crippen molar-refractivity contribution in [1.29, 1.82) is 0 Å². The molecule has 0 amide bonds. The van der Waals surface area contributed by atoms with Gasteiger partial charge in [-0.25, -0.2) is 39.9 Å². The summed E-state index contributed by atoms with van der Waals surface area (Å²) in [6, 6.07) is 48.6. The molecule has 0 saturated heterocycles. The van der Waals surface area contributed by atoms with E-state index in [0.29, 0.717) is 80.2 Å². The summed E-state index contributed by atoms with van der Waals surface area (Å²) in [6.07, 6.45) is 21.4. The lowest BCUT2D eigenvalue weighted by Gasteiger charge is -2.20. The lowest BCUT2D eigenvalue weighted by molar-refractivity contribution is 0.276. The fraction of sp³-hybridized carbons (Fsp3) is 0.298. The van der Waals surface area contributed by atoms with Gasteiger partial charge in [0.15, 0.2) is 23.3 Å². The largest absolute Gasteiger partial charge is 0.394 e. The molecule has 3 atom stereocenters. The van der Waals surface area contributed by atoms with Gasteiger partial charge in [-0.3, -0.25) is 0 Å². The summed E-state index contributed by atoms with van der Waals surface area (Å²) in [5, 5.41) is 98.1. The number of nitrogens with zero attached hydrogens (tertiary/aromatic N) is 20. The van der Waals surface area contributed by atoms with Crippen LogP contribution in [0.25, 0.3) is 68.3 Å². The first-order chi connectivity index (χ1) is 59.5. The molecular weight excluding hydrogens is 1550 g/mol. The maximum absolute atomic E-state index is 9.89. The number of anilines is 4. The Hall–Kier alpha value is -13.6. The van der Waals surface area contributed by atoms with Gasteiger partial charge in [0.2, 0.25) is 0 Å². The van der Waals surface area contributed by atoms with Crippen LogP contribution in [-0.4, -0.2) is 137 Å². The van der Waals surface area contributed by atoms with Crippen LogP contribution in [0, 0.1) is 76.2 Å². The number of aliphatic hydroxyl groups is 5. The monoisotopic (exact) mass is 1650 g/mol. The number of aliphatic hydroxyl groups excluding tert-OH is 5. The molecule has 1 saturated carbocycles. The van der Waals surface area contributed by atoms with E-state index in [1.807, 2.05) is 202 Å². The number of rotatable bonds is 26. The van der Waals surface area contributed by atoms with Crippen molar-refractivity contribution in [3.8, 4) is 68.3 Å². The van der Waals surface area contributed by atoms with Crippen LogP contribution in [0.2, 0.25) is 0 Å². The number of hydrogen-bond acceptors (Lipinski definition) is 25. The topological polar surface area (TPSA) is 375 Å². The summed E-state index contributed by atoms with van der Waals surface area (Å²) >= 11 is 0. The predicted molar refractivity (Wildman–Crippen MR) is 477 cm³/mol. The van der Waals surface area contributed by atoms with E-state index in [-0.39, 0.29) is 51.2 Å². The van der Waals surface area contributed by atoms with Crippen molar-refractivity contribution in [1.82, 2.24) is 98.9 Å². The summed E-state index contributed by atoms with van der Waals surface area (Å²) in [7, 11) is 0. The van der Waals surface area contributed by atoms with Gasteiger partial charge in [-0.1, -0.05) is 116 Å². The van der Waals surface area contributed by atoms with E-state index in [0.717, 1.165) is 109 Å². The van der Waals surface area contributed by atoms with Gasteiger partial charge in [0.25, 0.3) is 0 Å². The lowest BCUT2D eigenvalue weighted by Crippen LogP contribution is -2.17. The molecule has 3 aromatic carbocycles. The van der Waals surface area contributed by atoms with Gasteiger partial charge in [-0.05, 0) is 214 Å². The fourth-order valence-corrected chi connectivity index (χ4v) is 14.4. The predicted octanol–water partition coefficient (Wildman–Crippen LogP) is 15.9. The van der Waals surface area contributed by atoms with E-state index in [1.165, 1.54) is 47.9 Å². The van der Waals surface area contributed by atoms with Crippen molar-refractivity contribution in [2.75, 3.05) is 27.9 Å². The highest BCUT2D eigenvalue weighted by Gasteiger charge is 2.23. The molecule has 12 aromatic heterocycles. The van der Waals surface area contributed by atoms with Crippen LogP contribution in [0.15, 0.2) is 196 Å². The molecule has 1 aliphatic rings. The van der Waals surface area contributed by atoms with Crippen molar-refractivity contribution in [3.63, 3.8) is 0 Å². The Labute approximate surface area is 716 Å². The minimum atomic E-state index is -0.286. The van der Waals surface area contributed by atoms with E-state index in [1.54, 1.807) is 25.3 Å². The number of pyridine rings is 4. The first kappa shape index (κ1) is 87.2. The van der Waals surface area contributed by atoms with Crippen molar-refractivity contribution in [2.45, 2.75) is 179 Å².